The average Bonchev–Trinajstić information content (AvgIpc) is 2.55. The lowest BCUT2D eigenvalue weighted by Crippen LogP contribution is -2.24. The van der Waals surface area contributed by atoms with Crippen molar-refractivity contribution < 1.29 is 4.79 Å². The fraction of sp³-hybridized carbons (Fsp3) is 0.158. The van der Waals surface area contributed by atoms with Crippen molar-refractivity contribution in [3.8, 4) is 0 Å². The Morgan fingerprint density at radius 1 is 1.05 bits per heavy atom. The average molecular weight is 290 g/mol. The number of aryl methyl sites for hydroxylation is 1. The van der Waals surface area contributed by atoms with Gasteiger partial charge >= 0.3 is 0 Å². The van der Waals surface area contributed by atoms with Gasteiger partial charge in [0.1, 0.15) is 0 Å². The summed E-state index contributed by atoms with van der Waals surface area (Å²) < 4.78 is 0. The molecule has 0 saturated heterocycles. The van der Waals surface area contributed by atoms with Gasteiger partial charge in [-0.25, -0.2) is 0 Å². The minimum Gasteiger partial charge on any atom is -0.352 e. The Bertz CT molecular complexity index is 794. The summed E-state index contributed by atoms with van der Waals surface area (Å²) in [6.07, 6.45) is 2.22. The molecule has 0 atom stereocenters. The molecule has 1 aromatic heterocycles. The van der Waals surface area contributed by atoms with Crippen LogP contribution in [0, 0.1) is 6.92 Å². The second kappa shape index (κ2) is 6.39. The van der Waals surface area contributed by atoms with Gasteiger partial charge in [0.25, 0.3) is 0 Å². The zero-order valence-corrected chi connectivity index (χ0v) is 12.5. The lowest BCUT2D eigenvalue weighted by Gasteiger charge is -2.06. The summed E-state index contributed by atoms with van der Waals surface area (Å²) in [4.78, 5) is 16.4. The number of hydrogen-bond acceptors (Lipinski definition) is 2. The number of benzene rings is 2. The number of carbonyl (C=O) groups is 1. The number of nitrogens with zero attached hydrogens (tertiary/aromatic N) is 1. The van der Waals surface area contributed by atoms with E-state index in [-0.39, 0.29) is 5.91 Å². The third-order valence-electron chi connectivity index (χ3n) is 3.62. The Morgan fingerprint density at radius 2 is 1.82 bits per heavy atom. The molecular weight excluding hydrogens is 272 g/mol. The standard InChI is InChI=1S/C19H18N2O/c1-14-6-8-15(9-7-14)11-19(22)21-13-16-10-17-4-2-3-5-18(17)20-12-16/h2-10,12H,11,13H2,1H3,(H,21,22). The van der Waals surface area contributed by atoms with Gasteiger partial charge in [0.15, 0.2) is 0 Å². The molecule has 0 aliphatic carbocycles. The maximum Gasteiger partial charge on any atom is 0.224 e. The number of aromatic nitrogens is 1. The van der Waals surface area contributed by atoms with E-state index in [4.69, 9.17) is 0 Å². The topological polar surface area (TPSA) is 42.0 Å². The fourth-order valence-corrected chi connectivity index (χ4v) is 2.37. The van der Waals surface area contributed by atoms with Gasteiger partial charge in [0, 0.05) is 18.1 Å². The molecule has 2 aromatic carbocycles. The highest BCUT2D eigenvalue weighted by Gasteiger charge is 2.04. The zero-order valence-electron chi connectivity index (χ0n) is 12.5. The van der Waals surface area contributed by atoms with E-state index >= 15 is 0 Å². The fourth-order valence-electron chi connectivity index (χ4n) is 2.37. The maximum absolute atomic E-state index is 12.0. The highest BCUT2D eigenvalue weighted by atomic mass is 16.1. The number of hydrogen-bond donors (Lipinski definition) is 1. The van der Waals surface area contributed by atoms with Gasteiger partial charge in [0.05, 0.1) is 11.9 Å². The molecule has 22 heavy (non-hydrogen) atoms. The lowest BCUT2D eigenvalue weighted by atomic mass is 10.1. The van der Waals surface area contributed by atoms with Gasteiger partial charge in [-0.3, -0.25) is 9.78 Å². The molecule has 0 aliphatic rings. The van der Waals surface area contributed by atoms with E-state index in [1.165, 1.54) is 5.56 Å². The van der Waals surface area contributed by atoms with Gasteiger partial charge in [-0.1, -0.05) is 48.0 Å². The van der Waals surface area contributed by atoms with Crippen molar-refractivity contribution in [2.45, 2.75) is 19.9 Å². The molecular formula is C19H18N2O. The molecule has 1 heterocycles. The first-order valence-electron chi connectivity index (χ1n) is 7.36. The summed E-state index contributed by atoms with van der Waals surface area (Å²) in [5, 5.41) is 4.04. The number of amides is 1. The van der Waals surface area contributed by atoms with Crippen molar-refractivity contribution in [3.63, 3.8) is 0 Å². The van der Waals surface area contributed by atoms with Crippen LogP contribution in [0.1, 0.15) is 16.7 Å². The summed E-state index contributed by atoms with van der Waals surface area (Å²) >= 11 is 0. The normalized spacial score (nSPS) is 10.6. The van der Waals surface area contributed by atoms with Crippen molar-refractivity contribution in [2.75, 3.05) is 0 Å². The highest BCUT2D eigenvalue weighted by molar-refractivity contribution is 5.80. The SMILES string of the molecule is Cc1ccc(CC(=O)NCc2cnc3ccccc3c2)cc1. The van der Waals surface area contributed by atoms with Gasteiger partial charge in [-0.15, -0.1) is 0 Å². The smallest absolute Gasteiger partial charge is 0.224 e. The molecule has 0 unspecified atom stereocenters. The number of para-hydroxylation sites is 1. The third-order valence-corrected chi connectivity index (χ3v) is 3.62. The molecule has 0 saturated carbocycles. The predicted molar refractivity (Wildman–Crippen MR) is 88.5 cm³/mol. The van der Waals surface area contributed by atoms with E-state index < -0.39 is 0 Å². The summed E-state index contributed by atoms with van der Waals surface area (Å²) in [6.45, 7) is 2.54. The monoisotopic (exact) mass is 290 g/mol. The molecule has 0 aliphatic heterocycles. The van der Waals surface area contributed by atoms with Crippen LogP contribution in [0.25, 0.3) is 10.9 Å². The van der Waals surface area contributed by atoms with E-state index in [1.807, 2.05) is 61.7 Å². The number of pyridine rings is 1. The van der Waals surface area contributed by atoms with Gasteiger partial charge in [0.2, 0.25) is 5.91 Å². The van der Waals surface area contributed by atoms with Crippen LogP contribution in [0.4, 0.5) is 0 Å². The number of nitrogens with one attached hydrogen (secondary N) is 1. The molecule has 0 radical (unpaired) electrons. The first-order chi connectivity index (χ1) is 10.7. The van der Waals surface area contributed by atoms with Crippen LogP contribution in [-0.2, 0) is 17.8 Å². The molecule has 3 aromatic rings. The Kier molecular flexibility index (Phi) is 4.15. The van der Waals surface area contributed by atoms with Crippen LogP contribution in [0.3, 0.4) is 0 Å². The van der Waals surface area contributed by atoms with E-state index in [1.54, 1.807) is 0 Å². The van der Waals surface area contributed by atoms with Crippen LogP contribution in [0.2, 0.25) is 0 Å². The van der Waals surface area contributed by atoms with Crippen molar-refractivity contribution in [3.05, 3.63) is 77.5 Å². The van der Waals surface area contributed by atoms with E-state index in [0.29, 0.717) is 13.0 Å². The molecule has 1 N–H and O–H groups in total. The minimum absolute atomic E-state index is 0.0250. The van der Waals surface area contributed by atoms with E-state index in [0.717, 1.165) is 22.0 Å². The van der Waals surface area contributed by atoms with Crippen molar-refractivity contribution in [1.82, 2.24) is 10.3 Å². The van der Waals surface area contributed by atoms with Crippen molar-refractivity contribution >= 4 is 16.8 Å². The van der Waals surface area contributed by atoms with Crippen LogP contribution in [-0.4, -0.2) is 10.9 Å². The predicted octanol–water partition coefficient (Wildman–Crippen LogP) is 3.40. The Hall–Kier alpha value is -2.68. The Labute approximate surface area is 130 Å². The first kappa shape index (κ1) is 14.3. The van der Waals surface area contributed by atoms with Crippen molar-refractivity contribution in [1.29, 1.82) is 0 Å². The summed E-state index contributed by atoms with van der Waals surface area (Å²) in [7, 11) is 0. The molecule has 0 spiro atoms. The van der Waals surface area contributed by atoms with Gasteiger partial charge in [-0.2, -0.15) is 0 Å². The second-order valence-corrected chi connectivity index (χ2v) is 5.48. The lowest BCUT2D eigenvalue weighted by molar-refractivity contribution is -0.120. The Morgan fingerprint density at radius 3 is 2.64 bits per heavy atom. The summed E-state index contributed by atoms with van der Waals surface area (Å²) in [5.41, 5.74) is 4.21. The molecule has 0 fully saturated rings. The largest absolute Gasteiger partial charge is 0.352 e. The summed E-state index contributed by atoms with van der Waals surface area (Å²) in [5.74, 6) is 0.0250. The number of rotatable bonds is 4. The minimum atomic E-state index is 0.0250. The molecule has 3 nitrogen and oxygen atoms in total. The molecule has 110 valence electrons. The zero-order chi connectivity index (χ0) is 15.4. The Balaban J connectivity index is 1.60. The van der Waals surface area contributed by atoms with E-state index in [2.05, 4.69) is 16.4 Å². The number of fused-ring (bicyclic) bond motifs is 1. The number of carbonyl (C=O) groups excluding carboxylic acids is 1. The first-order valence-corrected chi connectivity index (χ1v) is 7.36. The van der Waals surface area contributed by atoms with Crippen LogP contribution in [0.5, 0.6) is 0 Å². The molecule has 1 amide bonds. The summed E-state index contributed by atoms with van der Waals surface area (Å²) in [6, 6.07) is 18.1. The van der Waals surface area contributed by atoms with Crippen LogP contribution >= 0.6 is 0 Å². The van der Waals surface area contributed by atoms with Crippen LogP contribution < -0.4 is 5.32 Å². The molecule has 0 bridgehead atoms. The highest BCUT2D eigenvalue weighted by Crippen LogP contribution is 2.12. The molecule has 3 heteroatoms. The van der Waals surface area contributed by atoms with Crippen LogP contribution in [0.15, 0.2) is 60.8 Å². The van der Waals surface area contributed by atoms with Crippen molar-refractivity contribution in [2.24, 2.45) is 0 Å². The third kappa shape index (κ3) is 3.50. The quantitative estimate of drug-likeness (QED) is 0.800. The second-order valence-electron chi connectivity index (χ2n) is 5.48. The molecule has 3 rings (SSSR count). The van der Waals surface area contributed by atoms with Gasteiger partial charge in [-0.05, 0) is 30.2 Å². The maximum atomic E-state index is 12.0. The van der Waals surface area contributed by atoms with Gasteiger partial charge < -0.3 is 5.32 Å². The van der Waals surface area contributed by atoms with E-state index in [9.17, 15) is 4.79 Å².